The number of aryl methyl sites for hydroxylation is 2. The standard InChI is InChI=1S/C20H24N2O3/c1-13-6-8-17(14(2)10-13)15(3)21-22-20(23)12-16-7-9-18(24-4)19(11-16)25-5/h6-11H,12H2,1-5H3,(H,22,23)/b21-15-. The van der Waals surface area contributed by atoms with Gasteiger partial charge in [-0.1, -0.05) is 29.8 Å². The van der Waals surface area contributed by atoms with Gasteiger partial charge in [0.05, 0.1) is 26.4 Å². The van der Waals surface area contributed by atoms with E-state index < -0.39 is 0 Å². The molecule has 0 aliphatic carbocycles. The summed E-state index contributed by atoms with van der Waals surface area (Å²) in [6.07, 6.45) is 0.212. The molecule has 0 saturated heterocycles. The molecule has 0 aromatic heterocycles. The van der Waals surface area contributed by atoms with E-state index in [0.717, 1.165) is 22.4 Å². The van der Waals surface area contributed by atoms with Gasteiger partial charge in [0.2, 0.25) is 5.91 Å². The van der Waals surface area contributed by atoms with Crippen LogP contribution in [0.15, 0.2) is 41.5 Å². The third-order valence-electron chi connectivity index (χ3n) is 3.93. The van der Waals surface area contributed by atoms with E-state index in [-0.39, 0.29) is 12.3 Å². The van der Waals surface area contributed by atoms with Gasteiger partial charge < -0.3 is 9.47 Å². The molecule has 5 heteroatoms. The van der Waals surface area contributed by atoms with Crippen LogP contribution in [-0.4, -0.2) is 25.8 Å². The molecule has 0 aliphatic rings. The number of hydrogen-bond donors (Lipinski definition) is 1. The van der Waals surface area contributed by atoms with Crippen LogP contribution in [0, 0.1) is 13.8 Å². The Labute approximate surface area is 148 Å². The highest BCUT2D eigenvalue weighted by Crippen LogP contribution is 2.27. The zero-order valence-corrected chi connectivity index (χ0v) is 15.3. The lowest BCUT2D eigenvalue weighted by atomic mass is 10.0. The number of amides is 1. The zero-order chi connectivity index (χ0) is 18.4. The predicted octanol–water partition coefficient (Wildman–Crippen LogP) is 3.40. The van der Waals surface area contributed by atoms with Gasteiger partial charge in [-0.25, -0.2) is 5.43 Å². The molecule has 5 nitrogen and oxygen atoms in total. The molecule has 0 unspecified atom stereocenters. The van der Waals surface area contributed by atoms with E-state index in [9.17, 15) is 4.79 Å². The van der Waals surface area contributed by atoms with Gasteiger partial charge in [-0.2, -0.15) is 5.10 Å². The largest absolute Gasteiger partial charge is 0.493 e. The van der Waals surface area contributed by atoms with Crippen LogP contribution in [0.3, 0.4) is 0 Å². The van der Waals surface area contributed by atoms with Crippen molar-refractivity contribution in [2.24, 2.45) is 5.10 Å². The maximum atomic E-state index is 12.2. The Kier molecular flexibility index (Phi) is 6.17. The van der Waals surface area contributed by atoms with Crippen molar-refractivity contribution in [2.45, 2.75) is 27.2 Å². The number of benzene rings is 2. The third-order valence-corrected chi connectivity index (χ3v) is 3.93. The summed E-state index contributed by atoms with van der Waals surface area (Å²) in [7, 11) is 3.15. The Morgan fingerprint density at radius 2 is 1.76 bits per heavy atom. The molecule has 0 saturated carbocycles. The van der Waals surface area contributed by atoms with Crippen molar-refractivity contribution in [3.63, 3.8) is 0 Å². The van der Waals surface area contributed by atoms with Gasteiger partial charge in [0.15, 0.2) is 11.5 Å². The minimum absolute atomic E-state index is 0.184. The molecule has 132 valence electrons. The summed E-state index contributed by atoms with van der Waals surface area (Å²) in [5, 5.41) is 4.22. The normalized spacial score (nSPS) is 11.2. The number of methoxy groups -OCH3 is 2. The first-order valence-corrected chi connectivity index (χ1v) is 8.06. The average molecular weight is 340 g/mol. The second kappa shape index (κ2) is 8.33. The highest BCUT2D eigenvalue weighted by Gasteiger charge is 2.09. The van der Waals surface area contributed by atoms with E-state index in [1.165, 1.54) is 5.56 Å². The lowest BCUT2D eigenvalue weighted by Gasteiger charge is -2.09. The number of rotatable bonds is 6. The lowest BCUT2D eigenvalue weighted by molar-refractivity contribution is -0.120. The molecular formula is C20H24N2O3. The number of carbonyl (C=O) groups is 1. The van der Waals surface area contributed by atoms with Crippen molar-refractivity contribution in [1.29, 1.82) is 0 Å². The van der Waals surface area contributed by atoms with Crippen LogP contribution >= 0.6 is 0 Å². The summed E-state index contributed by atoms with van der Waals surface area (Å²) in [6.45, 7) is 5.97. The number of ether oxygens (including phenoxy) is 2. The van der Waals surface area contributed by atoms with E-state index in [1.54, 1.807) is 26.4 Å². The van der Waals surface area contributed by atoms with E-state index in [2.05, 4.69) is 16.6 Å². The summed E-state index contributed by atoms with van der Waals surface area (Å²) in [4.78, 5) is 12.2. The summed E-state index contributed by atoms with van der Waals surface area (Å²) < 4.78 is 10.4. The molecule has 0 bridgehead atoms. The van der Waals surface area contributed by atoms with Gasteiger partial charge in [0.1, 0.15) is 0 Å². The molecular weight excluding hydrogens is 316 g/mol. The van der Waals surface area contributed by atoms with Crippen molar-refractivity contribution in [3.05, 3.63) is 58.7 Å². The van der Waals surface area contributed by atoms with Crippen molar-refractivity contribution >= 4 is 11.6 Å². The molecule has 0 aliphatic heterocycles. The SMILES string of the molecule is COc1ccc(CC(=O)N/N=C(/C)c2ccc(C)cc2C)cc1OC. The Morgan fingerprint density at radius 3 is 2.40 bits per heavy atom. The number of carbonyl (C=O) groups excluding carboxylic acids is 1. The number of nitrogens with one attached hydrogen (secondary N) is 1. The number of nitrogens with zero attached hydrogens (tertiary/aromatic N) is 1. The molecule has 0 atom stereocenters. The average Bonchev–Trinajstić information content (AvgIpc) is 2.59. The minimum atomic E-state index is -0.184. The molecule has 0 heterocycles. The predicted molar refractivity (Wildman–Crippen MR) is 99.5 cm³/mol. The van der Waals surface area contributed by atoms with Crippen LogP contribution in [0.4, 0.5) is 0 Å². The maximum Gasteiger partial charge on any atom is 0.244 e. The van der Waals surface area contributed by atoms with Gasteiger partial charge in [-0.05, 0) is 44.0 Å². The molecule has 1 amide bonds. The molecule has 1 N–H and O–H groups in total. The second-order valence-electron chi connectivity index (χ2n) is 5.92. The van der Waals surface area contributed by atoms with Gasteiger partial charge in [-0.15, -0.1) is 0 Å². The molecule has 2 aromatic rings. The van der Waals surface area contributed by atoms with Gasteiger partial charge in [0, 0.05) is 5.56 Å². The number of hydrazone groups is 1. The molecule has 2 aromatic carbocycles. The fourth-order valence-corrected chi connectivity index (χ4v) is 2.64. The zero-order valence-electron chi connectivity index (χ0n) is 15.3. The van der Waals surface area contributed by atoms with E-state index >= 15 is 0 Å². The topological polar surface area (TPSA) is 59.9 Å². The van der Waals surface area contributed by atoms with Crippen LogP contribution in [0.25, 0.3) is 0 Å². The van der Waals surface area contributed by atoms with E-state index in [1.807, 2.05) is 39.0 Å². The van der Waals surface area contributed by atoms with Gasteiger partial charge >= 0.3 is 0 Å². The van der Waals surface area contributed by atoms with Crippen molar-refractivity contribution in [3.8, 4) is 11.5 Å². The summed E-state index contributed by atoms with van der Waals surface area (Å²) in [6, 6.07) is 11.6. The Balaban J connectivity index is 2.04. The van der Waals surface area contributed by atoms with E-state index in [4.69, 9.17) is 9.47 Å². The Morgan fingerprint density at radius 1 is 1.04 bits per heavy atom. The van der Waals surface area contributed by atoms with E-state index in [0.29, 0.717) is 11.5 Å². The van der Waals surface area contributed by atoms with Crippen LogP contribution in [0.1, 0.15) is 29.2 Å². The molecule has 0 spiro atoms. The van der Waals surface area contributed by atoms with Crippen LogP contribution in [0.5, 0.6) is 11.5 Å². The highest BCUT2D eigenvalue weighted by molar-refractivity contribution is 6.00. The monoisotopic (exact) mass is 340 g/mol. The molecule has 0 radical (unpaired) electrons. The first-order valence-electron chi connectivity index (χ1n) is 8.06. The molecule has 0 fully saturated rings. The first-order chi connectivity index (χ1) is 11.9. The maximum absolute atomic E-state index is 12.2. The minimum Gasteiger partial charge on any atom is -0.493 e. The Hall–Kier alpha value is -2.82. The lowest BCUT2D eigenvalue weighted by Crippen LogP contribution is -2.21. The van der Waals surface area contributed by atoms with Crippen molar-refractivity contribution in [2.75, 3.05) is 14.2 Å². The van der Waals surface area contributed by atoms with Crippen molar-refractivity contribution in [1.82, 2.24) is 5.43 Å². The summed E-state index contributed by atoms with van der Waals surface area (Å²) >= 11 is 0. The second-order valence-corrected chi connectivity index (χ2v) is 5.92. The van der Waals surface area contributed by atoms with Crippen LogP contribution < -0.4 is 14.9 Å². The third kappa shape index (κ3) is 4.83. The van der Waals surface area contributed by atoms with Crippen LogP contribution in [-0.2, 0) is 11.2 Å². The fourth-order valence-electron chi connectivity index (χ4n) is 2.64. The smallest absolute Gasteiger partial charge is 0.244 e. The van der Waals surface area contributed by atoms with Gasteiger partial charge in [-0.3, -0.25) is 4.79 Å². The summed E-state index contributed by atoms with van der Waals surface area (Å²) in [5.41, 5.74) is 7.58. The molecule has 25 heavy (non-hydrogen) atoms. The fraction of sp³-hybridized carbons (Fsp3) is 0.300. The molecule has 2 rings (SSSR count). The van der Waals surface area contributed by atoms with Crippen molar-refractivity contribution < 1.29 is 14.3 Å². The van der Waals surface area contributed by atoms with Gasteiger partial charge in [0.25, 0.3) is 0 Å². The Bertz CT molecular complexity index is 798. The highest BCUT2D eigenvalue weighted by atomic mass is 16.5. The quantitative estimate of drug-likeness (QED) is 0.647. The first kappa shape index (κ1) is 18.5. The van der Waals surface area contributed by atoms with Crippen LogP contribution in [0.2, 0.25) is 0 Å². The number of hydrogen-bond acceptors (Lipinski definition) is 4. The summed E-state index contributed by atoms with van der Waals surface area (Å²) in [5.74, 6) is 1.05.